The second-order valence-corrected chi connectivity index (χ2v) is 9.51. The van der Waals surface area contributed by atoms with Gasteiger partial charge in [-0.25, -0.2) is 4.98 Å². The first kappa shape index (κ1) is 26.8. The Bertz CT molecular complexity index is 1380. The average molecular weight is 511 g/mol. The predicted molar refractivity (Wildman–Crippen MR) is 151 cm³/mol. The van der Waals surface area contributed by atoms with Gasteiger partial charge in [-0.15, -0.1) is 0 Å². The molecule has 0 radical (unpaired) electrons. The minimum atomic E-state index is -0.340. The number of ether oxygens (including phenoxy) is 1. The van der Waals surface area contributed by atoms with Gasteiger partial charge in [-0.05, 0) is 42.2 Å². The van der Waals surface area contributed by atoms with Gasteiger partial charge in [0.15, 0.2) is 0 Å². The van der Waals surface area contributed by atoms with Crippen LogP contribution in [0.5, 0.6) is 0 Å². The number of nitrogens with one attached hydrogen (secondary N) is 1. The van der Waals surface area contributed by atoms with Crippen LogP contribution in [0.1, 0.15) is 41.3 Å². The minimum absolute atomic E-state index is 0.129. The lowest BCUT2D eigenvalue weighted by Crippen LogP contribution is -2.40. The zero-order valence-electron chi connectivity index (χ0n) is 22.3. The number of hydrogen-bond acceptors (Lipinski definition) is 4. The molecule has 1 aromatic heterocycles. The first-order valence-corrected chi connectivity index (χ1v) is 12.8. The van der Waals surface area contributed by atoms with Gasteiger partial charge in [0, 0.05) is 36.7 Å². The highest BCUT2D eigenvalue weighted by Gasteiger charge is 2.22. The van der Waals surface area contributed by atoms with E-state index in [1.165, 1.54) is 10.5 Å². The molecule has 3 aromatic carbocycles. The SMILES string of the molecule is COCCN(CC(=O)Nc1nc(-c2ccccc2)cn1-c1ccc(C(C)C)cc1)C(=O)c1ccccc1C. The molecule has 196 valence electrons. The number of rotatable bonds is 10. The van der Waals surface area contributed by atoms with Gasteiger partial charge in [0.1, 0.15) is 6.54 Å². The summed E-state index contributed by atoms with van der Waals surface area (Å²) in [6.07, 6.45) is 1.91. The second-order valence-electron chi connectivity index (χ2n) is 9.51. The number of carbonyl (C=O) groups is 2. The monoisotopic (exact) mass is 510 g/mol. The van der Waals surface area contributed by atoms with Crippen molar-refractivity contribution < 1.29 is 14.3 Å². The van der Waals surface area contributed by atoms with Crippen molar-refractivity contribution in [2.75, 3.05) is 32.1 Å². The quantitative estimate of drug-likeness (QED) is 0.297. The Morgan fingerprint density at radius 2 is 1.66 bits per heavy atom. The Morgan fingerprint density at radius 1 is 0.974 bits per heavy atom. The second kappa shape index (κ2) is 12.3. The number of aryl methyl sites for hydroxylation is 1. The van der Waals surface area contributed by atoms with E-state index in [1.807, 2.05) is 78.4 Å². The standard InChI is InChI=1S/C31H34N4O3/c1-22(2)24-14-16-26(17-15-24)35-20-28(25-11-6-5-7-12-25)32-31(35)33-29(36)21-34(18-19-38-4)30(37)27-13-9-8-10-23(27)3/h5-17,20,22H,18-19,21H2,1-4H3,(H,32,33,36). The third kappa shape index (κ3) is 6.36. The minimum Gasteiger partial charge on any atom is -0.383 e. The van der Waals surface area contributed by atoms with Crippen LogP contribution in [0.3, 0.4) is 0 Å². The largest absolute Gasteiger partial charge is 0.383 e. The summed E-state index contributed by atoms with van der Waals surface area (Å²) in [5.74, 6) is 0.247. The molecule has 0 aliphatic heterocycles. The number of imidazole rings is 1. The number of hydrogen-bond donors (Lipinski definition) is 1. The molecule has 0 aliphatic rings. The van der Waals surface area contributed by atoms with Gasteiger partial charge in [0.05, 0.1) is 12.3 Å². The molecule has 0 unspecified atom stereocenters. The molecule has 0 bridgehead atoms. The smallest absolute Gasteiger partial charge is 0.254 e. The normalized spacial score (nSPS) is 11.0. The summed E-state index contributed by atoms with van der Waals surface area (Å²) in [4.78, 5) is 32.8. The number of carbonyl (C=O) groups excluding carboxylic acids is 2. The van der Waals surface area contributed by atoms with E-state index in [0.717, 1.165) is 22.5 Å². The van der Waals surface area contributed by atoms with Crippen LogP contribution in [0.25, 0.3) is 16.9 Å². The maximum atomic E-state index is 13.3. The van der Waals surface area contributed by atoms with Gasteiger partial charge < -0.3 is 9.64 Å². The molecule has 38 heavy (non-hydrogen) atoms. The average Bonchev–Trinajstić information content (AvgIpc) is 3.35. The highest BCUT2D eigenvalue weighted by molar-refractivity contribution is 6.00. The van der Waals surface area contributed by atoms with E-state index in [9.17, 15) is 9.59 Å². The number of methoxy groups -OCH3 is 1. The van der Waals surface area contributed by atoms with Crippen molar-refractivity contribution >= 4 is 17.8 Å². The maximum Gasteiger partial charge on any atom is 0.254 e. The van der Waals surface area contributed by atoms with E-state index in [2.05, 4.69) is 31.3 Å². The third-order valence-electron chi connectivity index (χ3n) is 6.43. The fourth-order valence-corrected chi connectivity index (χ4v) is 4.21. The van der Waals surface area contributed by atoms with Crippen LogP contribution < -0.4 is 5.32 Å². The lowest BCUT2D eigenvalue weighted by atomic mass is 10.0. The molecule has 4 aromatic rings. The van der Waals surface area contributed by atoms with Crippen molar-refractivity contribution in [1.82, 2.24) is 14.5 Å². The van der Waals surface area contributed by atoms with Crippen LogP contribution >= 0.6 is 0 Å². The maximum absolute atomic E-state index is 13.3. The Hall–Kier alpha value is -4.23. The third-order valence-corrected chi connectivity index (χ3v) is 6.43. The summed E-state index contributed by atoms with van der Waals surface area (Å²) in [6, 6.07) is 25.4. The van der Waals surface area contributed by atoms with Crippen molar-refractivity contribution in [2.45, 2.75) is 26.7 Å². The van der Waals surface area contributed by atoms with E-state index in [1.54, 1.807) is 13.2 Å². The van der Waals surface area contributed by atoms with E-state index < -0.39 is 0 Å². The zero-order valence-corrected chi connectivity index (χ0v) is 22.3. The van der Waals surface area contributed by atoms with Crippen molar-refractivity contribution in [3.05, 3.63) is 102 Å². The molecule has 0 atom stereocenters. The zero-order chi connectivity index (χ0) is 27.1. The van der Waals surface area contributed by atoms with Crippen LogP contribution in [-0.4, -0.2) is 53.1 Å². The molecule has 1 heterocycles. The molecule has 1 N–H and O–H groups in total. The van der Waals surface area contributed by atoms with Gasteiger partial charge in [-0.2, -0.15) is 0 Å². The van der Waals surface area contributed by atoms with Gasteiger partial charge in [-0.3, -0.25) is 19.5 Å². The highest BCUT2D eigenvalue weighted by atomic mass is 16.5. The highest BCUT2D eigenvalue weighted by Crippen LogP contribution is 2.25. The lowest BCUT2D eigenvalue weighted by molar-refractivity contribution is -0.117. The van der Waals surface area contributed by atoms with Crippen LogP contribution in [-0.2, 0) is 9.53 Å². The summed E-state index contributed by atoms with van der Waals surface area (Å²) < 4.78 is 7.07. The summed E-state index contributed by atoms with van der Waals surface area (Å²) >= 11 is 0. The fourth-order valence-electron chi connectivity index (χ4n) is 4.21. The van der Waals surface area contributed by atoms with Gasteiger partial charge >= 0.3 is 0 Å². The molecule has 0 aliphatic carbocycles. The van der Waals surface area contributed by atoms with Gasteiger partial charge in [0.25, 0.3) is 5.91 Å². The fraction of sp³-hybridized carbons (Fsp3) is 0.258. The van der Waals surface area contributed by atoms with E-state index in [0.29, 0.717) is 24.0 Å². The van der Waals surface area contributed by atoms with Crippen LogP contribution in [0.15, 0.2) is 85.1 Å². The number of benzene rings is 3. The molecule has 0 saturated carbocycles. The van der Waals surface area contributed by atoms with Gasteiger partial charge in [-0.1, -0.05) is 74.5 Å². The molecule has 7 heteroatoms. The Labute approximate surface area is 224 Å². The number of anilines is 1. The van der Waals surface area contributed by atoms with Crippen molar-refractivity contribution in [3.8, 4) is 16.9 Å². The summed E-state index contributed by atoms with van der Waals surface area (Å²) in [5.41, 5.74) is 5.21. The summed E-state index contributed by atoms with van der Waals surface area (Å²) in [5, 5.41) is 2.94. The number of nitrogens with zero attached hydrogens (tertiary/aromatic N) is 3. The van der Waals surface area contributed by atoms with Crippen LogP contribution in [0, 0.1) is 6.92 Å². The molecule has 7 nitrogen and oxygen atoms in total. The molecule has 0 spiro atoms. The van der Waals surface area contributed by atoms with Gasteiger partial charge in [0.2, 0.25) is 11.9 Å². The molecule has 2 amide bonds. The van der Waals surface area contributed by atoms with Crippen molar-refractivity contribution in [3.63, 3.8) is 0 Å². The number of aromatic nitrogens is 2. The Morgan fingerprint density at radius 3 is 2.32 bits per heavy atom. The molecule has 0 saturated heterocycles. The van der Waals surface area contributed by atoms with Crippen LogP contribution in [0.2, 0.25) is 0 Å². The lowest BCUT2D eigenvalue weighted by Gasteiger charge is -2.22. The van der Waals surface area contributed by atoms with Crippen molar-refractivity contribution in [2.24, 2.45) is 0 Å². The summed E-state index contributed by atoms with van der Waals surface area (Å²) in [7, 11) is 1.57. The van der Waals surface area contributed by atoms with E-state index >= 15 is 0 Å². The van der Waals surface area contributed by atoms with E-state index in [-0.39, 0.29) is 24.9 Å². The molecular formula is C31H34N4O3. The van der Waals surface area contributed by atoms with Crippen LogP contribution in [0.4, 0.5) is 5.95 Å². The topological polar surface area (TPSA) is 76.5 Å². The first-order valence-electron chi connectivity index (χ1n) is 12.8. The molecule has 0 fully saturated rings. The Balaban J connectivity index is 1.62. The predicted octanol–water partition coefficient (Wildman–Crippen LogP) is 5.70. The first-order chi connectivity index (χ1) is 18.4. The Kier molecular flexibility index (Phi) is 8.71. The number of amides is 2. The van der Waals surface area contributed by atoms with E-state index in [4.69, 9.17) is 9.72 Å². The molecular weight excluding hydrogens is 476 g/mol. The molecule has 4 rings (SSSR count). The summed E-state index contributed by atoms with van der Waals surface area (Å²) in [6.45, 7) is 6.67. The van der Waals surface area contributed by atoms with Crippen molar-refractivity contribution in [1.29, 1.82) is 0 Å².